The van der Waals surface area contributed by atoms with Crippen molar-refractivity contribution in [2.24, 2.45) is 0 Å². The highest BCUT2D eigenvalue weighted by atomic mass is 79.9. The summed E-state index contributed by atoms with van der Waals surface area (Å²) >= 11 is 3.22. The van der Waals surface area contributed by atoms with Crippen LogP contribution in [-0.4, -0.2) is 11.1 Å². The van der Waals surface area contributed by atoms with Gasteiger partial charge in [0, 0.05) is 10.2 Å². The van der Waals surface area contributed by atoms with E-state index in [4.69, 9.17) is 9.52 Å². The van der Waals surface area contributed by atoms with Gasteiger partial charge in [0.2, 0.25) is 5.76 Å². The first-order valence-corrected chi connectivity index (χ1v) is 5.86. The molecule has 94 valence electrons. The van der Waals surface area contributed by atoms with Crippen molar-refractivity contribution in [3.63, 3.8) is 0 Å². The molecule has 4 nitrogen and oxygen atoms in total. The van der Waals surface area contributed by atoms with Crippen LogP contribution in [0, 0.1) is 5.82 Å². The van der Waals surface area contributed by atoms with Crippen molar-refractivity contribution in [2.45, 2.75) is 6.54 Å². The number of carboxylic acid groups (broad SMARTS) is 1. The summed E-state index contributed by atoms with van der Waals surface area (Å²) in [5.41, 5.74) is 0.699. The van der Waals surface area contributed by atoms with Crippen molar-refractivity contribution in [3.8, 4) is 0 Å². The Kier molecular flexibility index (Phi) is 3.66. The third-order valence-corrected chi connectivity index (χ3v) is 2.91. The molecule has 1 aromatic carbocycles. The number of hydrogen-bond acceptors (Lipinski definition) is 3. The van der Waals surface area contributed by atoms with E-state index in [0.29, 0.717) is 22.5 Å². The number of hydrogen-bond donors (Lipinski definition) is 2. The molecule has 0 saturated carbocycles. The Morgan fingerprint density at radius 1 is 1.39 bits per heavy atom. The van der Waals surface area contributed by atoms with E-state index < -0.39 is 5.97 Å². The Morgan fingerprint density at radius 3 is 2.78 bits per heavy atom. The van der Waals surface area contributed by atoms with Crippen molar-refractivity contribution in [2.75, 3.05) is 5.32 Å². The van der Waals surface area contributed by atoms with Crippen molar-refractivity contribution < 1.29 is 18.7 Å². The fourth-order valence-corrected chi connectivity index (χ4v) is 1.89. The molecule has 1 heterocycles. The smallest absolute Gasteiger partial charge is 0.371 e. The minimum atomic E-state index is -1.11. The molecule has 0 saturated heterocycles. The summed E-state index contributed by atoms with van der Waals surface area (Å²) in [6, 6.07) is 7.22. The largest absolute Gasteiger partial charge is 0.475 e. The molecule has 18 heavy (non-hydrogen) atoms. The summed E-state index contributed by atoms with van der Waals surface area (Å²) < 4.78 is 18.5. The van der Waals surface area contributed by atoms with Gasteiger partial charge in [0.25, 0.3) is 0 Å². The Balaban J connectivity index is 2.04. The van der Waals surface area contributed by atoms with Gasteiger partial charge in [-0.25, -0.2) is 9.18 Å². The molecule has 0 radical (unpaired) electrons. The summed E-state index contributed by atoms with van der Waals surface area (Å²) in [6.45, 7) is 0.317. The number of carbonyl (C=O) groups is 1. The molecule has 0 aliphatic heterocycles. The average molecular weight is 314 g/mol. The van der Waals surface area contributed by atoms with Gasteiger partial charge >= 0.3 is 5.97 Å². The van der Waals surface area contributed by atoms with Gasteiger partial charge in [0.15, 0.2) is 0 Å². The molecule has 0 atom stereocenters. The minimum absolute atomic E-state index is 0.107. The van der Waals surface area contributed by atoms with Crippen molar-refractivity contribution in [1.82, 2.24) is 0 Å². The van der Waals surface area contributed by atoms with E-state index in [0.717, 1.165) is 0 Å². The van der Waals surface area contributed by atoms with Gasteiger partial charge in [-0.15, -0.1) is 0 Å². The highest BCUT2D eigenvalue weighted by molar-refractivity contribution is 9.10. The molecule has 1 aromatic heterocycles. The molecule has 0 aliphatic rings. The second-order valence-electron chi connectivity index (χ2n) is 3.55. The van der Waals surface area contributed by atoms with E-state index in [-0.39, 0.29) is 11.6 Å². The number of rotatable bonds is 4. The standard InChI is InChI=1S/C12H9BrFNO3/c13-9-5-7(14)1-3-10(9)15-6-8-2-4-11(18-8)12(16)17/h1-5,15H,6H2,(H,16,17). The molecule has 0 spiro atoms. The molecule has 0 fully saturated rings. The maximum absolute atomic E-state index is 12.9. The lowest BCUT2D eigenvalue weighted by Crippen LogP contribution is -1.99. The summed E-state index contributed by atoms with van der Waals surface area (Å²) in [5.74, 6) is -1.06. The van der Waals surface area contributed by atoms with Crippen LogP contribution in [0.5, 0.6) is 0 Å². The number of aromatic carboxylic acids is 1. The number of carboxylic acids is 1. The quantitative estimate of drug-likeness (QED) is 0.907. The van der Waals surface area contributed by atoms with Gasteiger partial charge in [-0.2, -0.15) is 0 Å². The second-order valence-corrected chi connectivity index (χ2v) is 4.40. The summed E-state index contributed by atoms with van der Waals surface area (Å²) in [4.78, 5) is 10.6. The second kappa shape index (κ2) is 5.22. The Labute approximate surface area is 111 Å². The average Bonchev–Trinajstić information content (AvgIpc) is 2.76. The first-order valence-electron chi connectivity index (χ1n) is 5.07. The summed E-state index contributed by atoms with van der Waals surface area (Å²) in [6.07, 6.45) is 0. The molecule has 0 aliphatic carbocycles. The number of halogens is 2. The normalized spacial score (nSPS) is 10.3. The predicted molar refractivity (Wildman–Crippen MR) is 67.1 cm³/mol. The maximum Gasteiger partial charge on any atom is 0.371 e. The molecule has 0 unspecified atom stereocenters. The van der Waals surface area contributed by atoms with Crippen LogP contribution >= 0.6 is 15.9 Å². The number of anilines is 1. The van der Waals surface area contributed by atoms with Crippen molar-refractivity contribution in [3.05, 3.63) is 52.1 Å². The van der Waals surface area contributed by atoms with Gasteiger partial charge < -0.3 is 14.8 Å². The van der Waals surface area contributed by atoms with Crippen molar-refractivity contribution >= 4 is 27.6 Å². The maximum atomic E-state index is 12.9. The molecule has 2 aromatic rings. The molecule has 2 rings (SSSR count). The van der Waals surface area contributed by atoms with E-state index in [2.05, 4.69) is 21.2 Å². The van der Waals surface area contributed by atoms with Gasteiger partial charge in [0.05, 0.1) is 6.54 Å². The zero-order valence-corrected chi connectivity index (χ0v) is 10.7. The summed E-state index contributed by atoms with van der Waals surface area (Å²) in [5, 5.41) is 11.7. The number of furan rings is 1. The van der Waals surface area contributed by atoms with Crippen LogP contribution in [0.4, 0.5) is 10.1 Å². The van der Waals surface area contributed by atoms with Crippen LogP contribution in [0.25, 0.3) is 0 Å². The van der Waals surface area contributed by atoms with Crippen LogP contribution in [-0.2, 0) is 6.54 Å². The summed E-state index contributed by atoms with van der Waals surface area (Å²) in [7, 11) is 0. The predicted octanol–water partition coefficient (Wildman–Crippen LogP) is 3.49. The number of nitrogens with one attached hydrogen (secondary N) is 1. The first kappa shape index (κ1) is 12.6. The van der Waals surface area contributed by atoms with Crippen LogP contribution in [0.15, 0.2) is 39.2 Å². The fraction of sp³-hybridized carbons (Fsp3) is 0.0833. The highest BCUT2D eigenvalue weighted by Crippen LogP contribution is 2.23. The number of benzene rings is 1. The van der Waals surface area contributed by atoms with Gasteiger partial charge in [-0.05, 0) is 46.3 Å². The lowest BCUT2D eigenvalue weighted by atomic mass is 10.3. The van der Waals surface area contributed by atoms with Crippen molar-refractivity contribution in [1.29, 1.82) is 0 Å². The Hall–Kier alpha value is -1.82. The van der Waals surface area contributed by atoms with Crippen LogP contribution < -0.4 is 5.32 Å². The molecule has 0 amide bonds. The SMILES string of the molecule is O=C(O)c1ccc(CNc2ccc(F)cc2Br)o1. The molecular formula is C12H9BrFNO3. The van der Waals surface area contributed by atoms with Gasteiger partial charge in [0.1, 0.15) is 11.6 Å². The van der Waals surface area contributed by atoms with Crippen LogP contribution in [0.1, 0.15) is 16.3 Å². The zero-order valence-electron chi connectivity index (χ0n) is 9.11. The lowest BCUT2D eigenvalue weighted by Gasteiger charge is -2.06. The van der Waals surface area contributed by atoms with Crippen LogP contribution in [0.3, 0.4) is 0 Å². The lowest BCUT2D eigenvalue weighted by molar-refractivity contribution is 0.0660. The Bertz CT molecular complexity index is 582. The van der Waals surface area contributed by atoms with E-state index in [1.54, 1.807) is 12.1 Å². The van der Waals surface area contributed by atoms with Crippen LogP contribution in [0.2, 0.25) is 0 Å². The van der Waals surface area contributed by atoms with E-state index in [1.165, 1.54) is 18.2 Å². The minimum Gasteiger partial charge on any atom is -0.475 e. The monoisotopic (exact) mass is 313 g/mol. The zero-order chi connectivity index (χ0) is 13.1. The van der Waals surface area contributed by atoms with E-state index >= 15 is 0 Å². The fourth-order valence-electron chi connectivity index (χ4n) is 1.40. The molecule has 6 heteroatoms. The topological polar surface area (TPSA) is 62.5 Å². The van der Waals surface area contributed by atoms with Gasteiger partial charge in [-0.1, -0.05) is 0 Å². The molecule has 0 bridgehead atoms. The molecule has 2 N–H and O–H groups in total. The highest BCUT2D eigenvalue weighted by Gasteiger charge is 2.09. The van der Waals surface area contributed by atoms with Gasteiger partial charge in [-0.3, -0.25) is 0 Å². The van der Waals surface area contributed by atoms with E-state index in [9.17, 15) is 9.18 Å². The van der Waals surface area contributed by atoms with E-state index in [1.807, 2.05) is 0 Å². The Morgan fingerprint density at radius 2 is 2.17 bits per heavy atom. The first-order chi connectivity index (χ1) is 8.56. The molecular weight excluding hydrogens is 305 g/mol. The third-order valence-electron chi connectivity index (χ3n) is 2.26. The third kappa shape index (κ3) is 2.89.